The lowest BCUT2D eigenvalue weighted by Gasteiger charge is -2.27. The summed E-state index contributed by atoms with van der Waals surface area (Å²) in [5.74, 6) is 1.70. The van der Waals surface area contributed by atoms with Gasteiger partial charge in [0.1, 0.15) is 11.9 Å². The first-order chi connectivity index (χ1) is 7.78. The molecule has 1 heterocycles. The van der Waals surface area contributed by atoms with Crippen LogP contribution in [0.3, 0.4) is 0 Å². The Kier molecular flexibility index (Phi) is 3.40. The number of pyridine rings is 1. The Labute approximate surface area is 96.5 Å². The average molecular weight is 215 g/mol. The second kappa shape index (κ2) is 4.98. The lowest BCUT2D eigenvalue weighted by atomic mass is 9.87. The fourth-order valence-electron chi connectivity index (χ4n) is 2.32. The van der Waals surface area contributed by atoms with E-state index in [1.807, 2.05) is 12.1 Å². The van der Waals surface area contributed by atoms with Gasteiger partial charge in [-0.1, -0.05) is 19.8 Å². The molecule has 84 valence electrons. The summed E-state index contributed by atoms with van der Waals surface area (Å²) in [5.41, 5.74) is 0.613. The molecule has 1 saturated carbocycles. The Morgan fingerprint density at radius 1 is 1.44 bits per heavy atom. The molecule has 3 nitrogen and oxygen atoms in total. The smallest absolute Gasteiger partial charge is 0.126 e. The number of nitrogens with zero attached hydrogens (tertiary/aromatic N) is 2. The van der Waals surface area contributed by atoms with Gasteiger partial charge in [0.15, 0.2) is 0 Å². The van der Waals surface area contributed by atoms with Gasteiger partial charge in [-0.25, -0.2) is 4.98 Å². The third-order valence-corrected chi connectivity index (χ3v) is 3.18. The maximum atomic E-state index is 8.67. The summed E-state index contributed by atoms with van der Waals surface area (Å²) in [6.07, 6.45) is 6.72. The summed E-state index contributed by atoms with van der Waals surface area (Å²) in [7, 11) is 0. The van der Waals surface area contributed by atoms with Crippen molar-refractivity contribution in [1.29, 1.82) is 5.26 Å². The average Bonchev–Trinajstić information content (AvgIpc) is 2.30. The van der Waals surface area contributed by atoms with Crippen LogP contribution < -0.4 is 5.32 Å². The largest absolute Gasteiger partial charge is 0.367 e. The van der Waals surface area contributed by atoms with E-state index in [1.165, 1.54) is 25.7 Å². The van der Waals surface area contributed by atoms with Crippen molar-refractivity contribution in [2.75, 3.05) is 5.32 Å². The van der Waals surface area contributed by atoms with Gasteiger partial charge in [-0.3, -0.25) is 0 Å². The third kappa shape index (κ3) is 2.73. The van der Waals surface area contributed by atoms with Crippen molar-refractivity contribution < 1.29 is 0 Å². The van der Waals surface area contributed by atoms with Crippen LogP contribution in [0.1, 0.15) is 38.2 Å². The van der Waals surface area contributed by atoms with Crippen LogP contribution in [0.2, 0.25) is 0 Å². The maximum absolute atomic E-state index is 8.67. The van der Waals surface area contributed by atoms with E-state index in [1.54, 1.807) is 6.20 Å². The zero-order chi connectivity index (χ0) is 11.4. The molecule has 1 N–H and O–H groups in total. The minimum atomic E-state index is 0.546. The van der Waals surface area contributed by atoms with Crippen LogP contribution in [0.5, 0.6) is 0 Å². The Bertz CT molecular complexity index is 377. The first kappa shape index (κ1) is 10.9. The predicted octanol–water partition coefficient (Wildman–Crippen LogP) is 2.94. The van der Waals surface area contributed by atoms with Crippen molar-refractivity contribution in [3.8, 4) is 6.07 Å². The molecule has 16 heavy (non-hydrogen) atoms. The summed E-state index contributed by atoms with van der Waals surface area (Å²) in [5, 5.41) is 12.1. The molecule has 2 rings (SSSR count). The standard InChI is InChI=1S/C13H17N3/c1-10-3-2-4-12(7-10)16-13-6-5-11(8-14)9-15-13/h5-6,9-10,12H,2-4,7H2,1H3,(H,15,16)/t10-,12-/m0/s1. The molecule has 1 aliphatic carbocycles. The first-order valence-electron chi connectivity index (χ1n) is 5.90. The van der Waals surface area contributed by atoms with Crippen LogP contribution in [0.25, 0.3) is 0 Å². The van der Waals surface area contributed by atoms with Crippen LogP contribution in [0, 0.1) is 17.2 Å². The van der Waals surface area contributed by atoms with Crippen molar-refractivity contribution in [1.82, 2.24) is 4.98 Å². The molecule has 0 spiro atoms. The second-order valence-corrected chi connectivity index (χ2v) is 4.66. The minimum Gasteiger partial charge on any atom is -0.367 e. The maximum Gasteiger partial charge on any atom is 0.126 e. The van der Waals surface area contributed by atoms with Gasteiger partial charge in [0.2, 0.25) is 0 Å². The molecule has 0 amide bonds. The van der Waals surface area contributed by atoms with E-state index in [2.05, 4.69) is 23.3 Å². The van der Waals surface area contributed by atoms with Gasteiger partial charge >= 0.3 is 0 Å². The molecule has 1 fully saturated rings. The van der Waals surface area contributed by atoms with Gasteiger partial charge in [-0.15, -0.1) is 0 Å². The second-order valence-electron chi connectivity index (χ2n) is 4.66. The van der Waals surface area contributed by atoms with E-state index >= 15 is 0 Å². The highest BCUT2D eigenvalue weighted by atomic mass is 15.0. The Morgan fingerprint density at radius 2 is 2.31 bits per heavy atom. The molecule has 0 aliphatic heterocycles. The lowest BCUT2D eigenvalue weighted by molar-refractivity contribution is 0.358. The minimum absolute atomic E-state index is 0.546. The summed E-state index contributed by atoms with van der Waals surface area (Å²) in [6, 6.07) is 6.31. The highest BCUT2D eigenvalue weighted by Crippen LogP contribution is 2.25. The fourth-order valence-corrected chi connectivity index (χ4v) is 2.32. The molecule has 0 bridgehead atoms. The topological polar surface area (TPSA) is 48.7 Å². The van der Waals surface area contributed by atoms with Crippen LogP contribution in [0.15, 0.2) is 18.3 Å². The molecule has 0 radical (unpaired) electrons. The monoisotopic (exact) mass is 215 g/mol. The SMILES string of the molecule is C[C@H]1CCC[C@H](Nc2ccc(C#N)cn2)C1. The molecule has 0 saturated heterocycles. The number of hydrogen-bond acceptors (Lipinski definition) is 3. The van der Waals surface area contributed by atoms with Crippen LogP contribution >= 0.6 is 0 Å². The predicted molar refractivity (Wildman–Crippen MR) is 64.0 cm³/mol. The Balaban J connectivity index is 1.95. The van der Waals surface area contributed by atoms with E-state index in [4.69, 9.17) is 5.26 Å². The highest BCUT2D eigenvalue weighted by Gasteiger charge is 2.18. The van der Waals surface area contributed by atoms with Crippen LogP contribution in [0.4, 0.5) is 5.82 Å². The van der Waals surface area contributed by atoms with E-state index < -0.39 is 0 Å². The third-order valence-electron chi connectivity index (χ3n) is 3.18. The molecule has 0 unspecified atom stereocenters. The Hall–Kier alpha value is -1.56. The van der Waals surface area contributed by atoms with Gasteiger partial charge in [0.25, 0.3) is 0 Å². The quantitative estimate of drug-likeness (QED) is 0.825. The molecule has 2 atom stereocenters. The summed E-state index contributed by atoms with van der Waals surface area (Å²) in [4.78, 5) is 4.24. The summed E-state index contributed by atoms with van der Waals surface area (Å²) in [6.45, 7) is 2.31. The zero-order valence-electron chi connectivity index (χ0n) is 9.61. The van der Waals surface area contributed by atoms with Crippen molar-refractivity contribution in [2.45, 2.75) is 38.6 Å². The molecular formula is C13H17N3. The van der Waals surface area contributed by atoms with Gasteiger partial charge in [0.05, 0.1) is 5.56 Å². The molecule has 3 heteroatoms. The summed E-state index contributed by atoms with van der Waals surface area (Å²) >= 11 is 0. The van der Waals surface area contributed by atoms with E-state index in [9.17, 15) is 0 Å². The van der Waals surface area contributed by atoms with Gasteiger partial charge in [-0.05, 0) is 30.9 Å². The van der Waals surface area contributed by atoms with Crippen molar-refractivity contribution in [2.24, 2.45) is 5.92 Å². The molecule has 1 aromatic heterocycles. The first-order valence-corrected chi connectivity index (χ1v) is 5.90. The number of anilines is 1. The van der Waals surface area contributed by atoms with Gasteiger partial charge < -0.3 is 5.32 Å². The highest BCUT2D eigenvalue weighted by molar-refractivity contribution is 5.39. The van der Waals surface area contributed by atoms with Crippen molar-refractivity contribution in [3.05, 3.63) is 23.9 Å². The van der Waals surface area contributed by atoms with Crippen LogP contribution in [-0.2, 0) is 0 Å². The van der Waals surface area contributed by atoms with Crippen molar-refractivity contribution in [3.63, 3.8) is 0 Å². The zero-order valence-corrected chi connectivity index (χ0v) is 9.61. The fraction of sp³-hybridized carbons (Fsp3) is 0.538. The number of nitrogens with one attached hydrogen (secondary N) is 1. The van der Waals surface area contributed by atoms with Gasteiger partial charge in [0, 0.05) is 12.2 Å². The van der Waals surface area contributed by atoms with Gasteiger partial charge in [-0.2, -0.15) is 5.26 Å². The van der Waals surface area contributed by atoms with E-state index in [0.717, 1.165) is 11.7 Å². The Morgan fingerprint density at radius 3 is 2.94 bits per heavy atom. The normalized spacial score (nSPS) is 24.8. The molecule has 0 aromatic carbocycles. The van der Waals surface area contributed by atoms with Crippen molar-refractivity contribution >= 4 is 5.82 Å². The van der Waals surface area contributed by atoms with E-state index in [-0.39, 0.29) is 0 Å². The molecule has 1 aliphatic rings. The van der Waals surface area contributed by atoms with E-state index in [0.29, 0.717) is 11.6 Å². The van der Waals surface area contributed by atoms with Crippen LogP contribution in [-0.4, -0.2) is 11.0 Å². The number of rotatable bonds is 2. The number of hydrogen-bond donors (Lipinski definition) is 1. The number of aromatic nitrogens is 1. The molecule has 1 aromatic rings. The molecular weight excluding hydrogens is 198 g/mol. The summed E-state index contributed by atoms with van der Waals surface area (Å²) < 4.78 is 0. The lowest BCUT2D eigenvalue weighted by Crippen LogP contribution is -2.26. The number of nitriles is 1.